The van der Waals surface area contributed by atoms with Crippen molar-refractivity contribution in [2.24, 2.45) is 0 Å². The molecule has 1 amide bonds. The highest BCUT2D eigenvalue weighted by atomic mass is 32.1. The summed E-state index contributed by atoms with van der Waals surface area (Å²) in [6.45, 7) is 2.71. The molecule has 0 N–H and O–H groups in total. The minimum absolute atomic E-state index is 0.162. The fraction of sp³-hybridized carbons (Fsp3) is 0.333. The number of nitrogens with zero attached hydrogens (tertiary/aromatic N) is 6. The van der Waals surface area contributed by atoms with E-state index in [2.05, 4.69) is 19.6 Å². The number of thiophene rings is 1. The van der Waals surface area contributed by atoms with Crippen molar-refractivity contribution in [3.63, 3.8) is 0 Å². The first-order valence-electron chi connectivity index (χ1n) is 7.44. The molecule has 0 saturated carbocycles. The van der Waals surface area contributed by atoms with Crippen LogP contribution in [-0.2, 0) is 30.8 Å². The van der Waals surface area contributed by atoms with Gasteiger partial charge in [-0.3, -0.25) is 4.79 Å². The van der Waals surface area contributed by atoms with Crippen LogP contribution in [-0.4, -0.2) is 41.7 Å². The highest BCUT2D eigenvalue weighted by Gasteiger charge is 2.23. The van der Waals surface area contributed by atoms with Gasteiger partial charge in [0.25, 0.3) is 0 Å². The Bertz CT molecular complexity index is 792. The maximum atomic E-state index is 12.4. The Morgan fingerprint density at radius 1 is 1.35 bits per heavy atom. The number of carbonyl (C=O) groups excluding carboxylic acids is 1. The zero-order valence-corrected chi connectivity index (χ0v) is 13.3. The van der Waals surface area contributed by atoms with Crippen LogP contribution in [0.25, 0.3) is 0 Å². The van der Waals surface area contributed by atoms with Crippen LogP contribution in [0.1, 0.15) is 17.1 Å². The van der Waals surface area contributed by atoms with E-state index >= 15 is 0 Å². The minimum Gasteiger partial charge on any atom is -0.333 e. The topological polar surface area (TPSA) is 68.8 Å². The van der Waals surface area contributed by atoms with Crippen LogP contribution in [0.2, 0.25) is 0 Å². The second-order valence-corrected chi connectivity index (χ2v) is 6.31. The second-order valence-electron chi connectivity index (χ2n) is 5.53. The lowest BCUT2D eigenvalue weighted by molar-refractivity contribution is -0.132. The summed E-state index contributed by atoms with van der Waals surface area (Å²) in [5, 5.41) is 8.15. The highest BCUT2D eigenvalue weighted by Crippen LogP contribution is 2.17. The number of fused-ring (bicyclic) bond motifs is 1. The van der Waals surface area contributed by atoms with Gasteiger partial charge >= 0.3 is 0 Å². The molecule has 0 saturated heterocycles. The smallest absolute Gasteiger partial charge is 0.227 e. The fourth-order valence-corrected chi connectivity index (χ4v) is 3.49. The van der Waals surface area contributed by atoms with E-state index in [0.717, 1.165) is 30.2 Å². The molecule has 0 aromatic carbocycles. The molecular formula is C15H16N6OS. The lowest BCUT2D eigenvalue weighted by atomic mass is 10.2. The molecule has 1 aliphatic rings. The average Bonchev–Trinajstić information content (AvgIpc) is 3.30. The predicted molar refractivity (Wildman–Crippen MR) is 84.8 cm³/mol. The Morgan fingerprint density at radius 2 is 2.30 bits per heavy atom. The van der Waals surface area contributed by atoms with Crippen molar-refractivity contribution >= 4 is 17.2 Å². The van der Waals surface area contributed by atoms with Gasteiger partial charge < -0.3 is 9.47 Å². The molecule has 3 aromatic heterocycles. The second kappa shape index (κ2) is 5.96. The van der Waals surface area contributed by atoms with Gasteiger partial charge in [-0.2, -0.15) is 16.4 Å². The molecule has 0 unspecified atom stereocenters. The summed E-state index contributed by atoms with van der Waals surface area (Å²) in [7, 11) is 0. The normalized spacial score (nSPS) is 14.0. The molecule has 0 spiro atoms. The van der Waals surface area contributed by atoms with Crippen LogP contribution in [0.15, 0.2) is 35.7 Å². The SMILES string of the molecule is O=C(Cc1ccsc1)N1CCn2c(Cn3cncn3)cnc2C1. The van der Waals surface area contributed by atoms with Gasteiger partial charge in [-0.25, -0.2) is 14.6 Å². The molecular weight excluding hydrogens is 312 g/mol. The van der Waals surface area contributed by atoms with Crippen molar-refractivity contribution in [2.75, 3.05) is 6.54 Å². The van der Waals surface area contributed by atoms with Crippen LogP contribution in [0.4, 0.5) is 0 Å². The molecule has 3 aromatic rings. The monoisotopic (exact) mass is 328 g/mol. The van der Waals surface area contributed by atoms with Gasteiger partial charge in [0, 0.05) is 13.1 Å². The van der Waals surface area contributed by atoms with Crippen LogP contribution >= 0.6 is 11.3 Å². The largest absolute Gasteiger partial charge is 0.333 e. The predicted octanol–water partition coefficient (Wildman–Crippen LogP) is 1.17. The van der Waals surface area contributed by atoms with E-state index in [9.17, 15) is 4.79 Å². The molecule has 0 aliphatic carbocycles. The first-order chi connectivity index (χ1) is 11.3. The number of rotatable bonds is 4. The molecule has 1 aliphatic heterocycles. The third kappa shape index (κ3) is 2.89. The molecule has 4 heterocycles. The first kappa shape index (κ1) is 14.1. The molecule has 0 bridgehead atoms. The maximum Gasteiger partial charge on any atom is 0.227 e. The number of hydrogen-bond acceptors (Lipinski definition) is 5. The summed E-state index contributed by atoms with van der Waals surface area (Å²) in [5.74, 6) is 1.10. The summed E-state index contributed by atoms with van der Waals surface area (Å²) in [5.41, 5.74) is 2.18. The maximum absolute atomic E-state index is 12.4. The number of amides is 1. The van der Waals surface area contributed by atoms with E-state index in [4.69, 9.17) is 0 Å². The van der Waals surface area contributed by atoms with Crippen molar-refractivity contribution in [1.82, 2.24) is 29.2 Å². The summed E-state index contributed by atoms with van der Waals surface area (Å²) >= 11 is 1.62. The average molecular weight is 328 g/mol. The standard InChI is InChI=1S/C15H16N6OS/c22-15(5-12-1-4-23-9-12)19-2-3-21-13(6-17-14(21)8-19)7-20-11-16-10-18-20/h1,4,6,9-11H,2-3,5,7-8H2. The van der Waals surface area contributed by atoms with Crippen LogP contribution in [0, 0.1) is 0 Å². The summed E-state index contributed by atoms with van der Waals surface area (Å²) in [4.78, 5) is 22.7. The molecule has 118 valence electrons. The number of hydrogen-bond donors (Lipinski definition) is 0. The van der Waals surface area contributed by atoms with Gasteiger partial charge in [-0.15, -0.1) is 0 Å². The fourth-order valence-electron chi connectivity index (χ4n) is 2.82. The molecule has 8 heteroatoms. The summed E-state index contributed by atoms with van der Waals surface area (Å²) < 4.78 is 3.95. The van der Waals surface area contributed by atoms with Gasteiger partial charge in [-0.1, -0.05) is 0 Å². The van der Waals surface area contributed by atoms with Gasteiger partial charge in [0.15, 0.2) is 0 Å². The van der Waals surface area contributed by atoms with Gasteiger partial charge in [0.1, 0.15) is 18.5 Å². The molecule has 7 nitrogen and oxygen atoms in total. The Hall–Kier alpha value is -2.48. The van der Waals surface area contributed by atoms with Gasteiger partial charge in [0.2, 0.25) is 5.91 Å². The summed E-state index contributed by atoms with van der Waals surface area (Å²) in [6, 6.07) is 2.00. The highest BCUT2D eigenvalue weighted by molar-refractivity contribution is 7.07. The zero-order valence-electron chi connectivity index (χ0n) is 12.5. The molecule has 4 rings (SSSR count). The number of aromatic nitrogens is 5. The molecule has 0 atom stereocenters. The van der Waals surface area contributed by atoms with E-state index in [1.54, 1.807) is 22.3 Å². The Balaban J connectivity index is 1.45. The Morgan fingerprint density at radius 3 is 3.09 bits per heavy atom. The molecule has 23 heavy (non-hydrogen) atoms. The number of imidazole rings is 1. The number of carbonyl (C=O) groups is 1. The van der Waals surface area contributed by atoms with Crippen molar-refractivity contribution < 1.29 is 4.79 Å². The van der Waals surface area contributed by atoms with E-state index < -0.39 is 0 Å². The van der Waals surface area contributed by atoms with Crippen molar-refractivity contribution in [3.8, 4) is 0 Å². The quantitative estimate of drug-likeness (QED) is 0.721. The lowest BCUT2D eigenvalue weighted by Crippen LogP contribution is -2.39. The lowest BCUT2D eigenvalue weighted by Gasteiger charge is -2.28. The zero-order chi connectivity index (χ0) is 15.6. The van der Waals surface area contributed by atoms with Crippen LogP contribution in [0.5, 0.6) is 0 Å². The Kier molecular flexibility index (Phi) is 3.66. The molecule has 0 fully saturated rings. The third-order valence-electron chi connectivity index (χ3n) is 4.03. The molecule has 0 radical (unpaired) electrons. The van der Waals surface area contributed by atoms with E-state index in [-0.39, 0.29) is 5.91 Å². The van der Waals surface area contributed by atoms with Crippen molar-refractivity contribution in [3.05, 3.63) is 52.8 Å². The van der Waals surface area contributed by atoms with Crippen molar-refractivity contribution in [2.45, 2.75) is 26.1 Å². The first-order valence-corrected chi connectivity index (χ1v) is 8.38. The van der Waals surface area contributed by atoms with Gasteiger partial charge in [-0.05, 0) is 22.4 Å². The summed E-state index contributed by atoms with van der Waals surface area (Å²) in [6.07, 6.45) is 5.55. The van der Waals surface area contributed by atoms with E-state index in [0.29, 0.717) is 19.5 Å². The van der Waals surface area contributed by atoms with Crippen LogP contribution < -0.4 is 0 Å². The van der Waals surface area contributed by atoms with Crippen molar-refractivity contribution in [1.29, 1.82) is 0 Å². The van der Waals surface area contributed by atoms with E-state index in [1.165, 1.54) is 6.33 Å². The van der Waals surface area contributed by atoms with Gasteiger partial charge in [0.05, 0.1) is 31.4 Å². The van der Waals surface area contributed by atoms with E-state index in [1.807, 2.05) is 27.9 Å². The third-order valence-corrected chi connectivity index (χ3v) is 4.76. The minimum atomic E-state index is 0.162. The van der Waals surface area contributed by atoms with Crippen LogP contribution in [0.3, 0.4) is 0 Å². The Labute approximate surface area is 137 Å².